The van der Waals surface area contributed by atoms with Gasteiger partial charge in [0.15, 0.2) is 6.61 Å². The molecule has 0 aliphatic heterocycles. The van der Waals surface area contributed by atoms with Crippen molar-refractivity contribution >= 4 is 23.6 Å². The second-order valence-electron chi connectivity index (χ2n) is 6.05. The number of rotatable bonds is 5. The molecule has 0 spiro atoms. The number of amides is 2. The number of aromatic nitrogens is 4. The summed E-state index contributed by atoms with van der Waals surface area (Å²) in [5.41, 5.74) is 5.77. The molecule has 11 heteroatoms. The molecule has 0 saturated carbocycles. The van der Waals surface area contributed by atoms with Gasteiger partial charge in [0, 0.05) is 17.0 Å². The molecule has 3 aromatic rings. The summed E-state index contributed by atoms with van der Waals surface area (Å²) >= 11 is 0. The number of fused-ring (bicyclic) bond motifs is 1. The number of nitrogens with one attached hydrogen (secondary N) is 2. The highest BCUT2D eigenvalue weighted by Crippen LogP contribution is 2.14. The van der Waals surface area contributed by atoms with Crippen molar-refractivity contribution in [3.63, 3.8) is 0 Å². The van der Waals surface area contributed by atoms with Gasteiger partial charge in [-0.3, -0.25) is 25.2 Å². The Labute approximate surface area is 164 Å². The normalized spacial score (nSPS) is 10.6. The molecule has 0 unspecified atom stereocenters. The summed E-state index contributed by atoms with van der Waals surface area (Å²) in [5.74, 6) is -2.58. The SMILES string of the molecule is Cc1nc2ncnn2c(C)c1CC(=O)OCC(=O)NNC(=O)c1ccccc1F. The number of hydrazine groups is 1. The second-order valence-corrected chi connectivity index (χ2v) is 6.05. The highest BCUT2D eigenvalue weighted by molar-refractivity contribution is 5.95. The Morgan fingerprint density at radius 3 is 2.69 bits per heavy atom. The van der Waals surface area contributed by atoms with Gasteiger partial charge in [-0.15, -0.1) is 0 Å². The van der Waals surface area contributed by atoms with Crippen molar-refractivity contribution in [2.75, 3.05) is 6.61 Å². The first-order valence-electron chi connectivity index (χ1n) is 8.52. The molecule has 10 nitrogen and oxygen atoms in total. The van der Waals surface area contributed by atoms with Crippen LogP contribution in [-0.4, -0.2) is 44.0 Å². The van der Waals surface area contributed by atoms with Crippen molar-refractivity contribution in [1.82, 2.24) is 30.4 Å². The summed E-state index contributed by atoms with van der Waals surface area (Å²) in [6.07, 6.45) is 1.24. The van der Waals surface area contributed by atoms with Crippen molar-refractivity contribution in [2.45, 2.75) is 20.3 Å². The van der Waals surface area contributed by atoms with E-state index in [1.54, 1.807) is 13.8 Å². The van der Waals surface area contributed by atoms with Crippen LogP contribution in [0.5, 0.6) is 0 Å². The molecule has 150 valence electrons. The fraction of sp³-hybridized carbons (Fsp3) is 0.222. The molecular formula is C18H17FN6O4. The van der Waals surface area contributed by atoms with Crippen LogP contribution in [0.3, 0.4) is 0 Å². The zero-order valence-electron chi connectivity index (χ0n) is 15.6. The van der Waals surface area contributed by atoms with E-state index in [-0.39, 0.29) is 12.0 Å². The Hall–Kier alpha value is -3.89. The molecule has 1 aromatic carbocycles. The number of carbonyl (C=O) groups is 3. The topological polar surface area (TPSA) is 128 Å². The van der Waals surface area contributed by atoms with Crippen molar-refractivity contribution in [1.29, 1.82) is 0 Å². The van der Waals surface area contributed by atoms with Crippen LogP contribution < -0.4 is 10.9 Å². The summed E-state index contributed by atoms with van der Waals surface area (Å²) in [5, 5.41) is 4.03. The number of nitrogens with zero attached hydrogens (tertiary/aromatic N) is 4. The van der Waals surface area contributed by atoms with Crippen LogP contribution in [0.4, 0.5) is 4.39 Å². The van der Waals surface area contributed by atoms with E-state index in [4.69, 9.17) is 4.74 Å². The number of carbonyl (C=O) groups excluding carboxylic acids is 3. The van der Waals surface area contributed by atoms with Gasteiger partial charge in [0.25, 0.3) is 17.6 Å². The van der Waals surface area contributed by atoms with Crippen molar-refractivity contribution in [3.8, 4) is 0 Å². The maximum atomic E-state index is 13.5. The number of hydrogen-bond donors (Lipinski definition) is 2. The maximum absolute atomic E-state index is 13.5. The third-order valence-corrected chi connectivity index (χ3v) is 4.11. The Kier molecular flexibility index (Phi) is 5.77. The highest BCUT2D eigenvalue weighted by atomic mass is 19.1. The molecular weight excluding hydrogens is 383 g/mol. The van der Waals surface area contributed by atoms with Crippen LogP contribution in [-0.2, 0) is 20.7 Å². The van der Waals surface area contributed by atoms with E-state index < -0.39 is 30.2 Å². The lowest BCUT2D eigenvalue weighted by atomic mass is 10.1. The van der Waals surface area contributed by atoms with Crippen LogP contribution in [0.2, 0.25) is 0 Å². The van der Waals surface area contributed by atoms with Gasteiger partial charge in [0.05, 0.1) is 12.0 Å². The van der Waals surface area contributed by atoms with Gasteiger partial charge in [-0.25, -0.2) is 13.9 Å². The molecule has 0 fully saturated rings. The number of ether oxygens (including phenoxy) is 1. The molecule has 3 rings (SSSR count). The Morgan fingerprint density at radius 2 is 1.93 bits per heavy atom. The van der Waals surface area contributed by atoms with Gasteiger partial charge in [-0.2, -0.15) is 10.1 Å². The monoisotopic (exact) mass is 400 g/mol. The zero-order valence-corrected chi connectivity index (χ0v) is 15.6. The average Bonchev–Trinajstić information content (AvgIpc) is 3.16. The van der Waals surface area contributed by atoms with Crippen LogP contribution in [0.1, 0.15) is 27.3 Å². The van der Waals surface area contributed by atoms with E-state index in [2.05, 4.69) is 25.9 Å². The predicted octanol–water partition coefficient (Wildman–Crippen LogP) is 0.427. The van der Waals surface area contributed by atoms with E-state index in [1.807, 2.05) is 0 Å². The van der Waals surface area contributed by atoms with Crippen LogP contribution in [0.15, 0.2) is 30.6 Å². The first kappa shape index (κ1) is 19.9. The first-order valence-corrected chi connectivity index (χ1v) is 8.52. The largest absolute Gasteiger partial charge is 0.455 e. The summed E-state index contributed by atoms with van der Waals surface area (Å²) in [6.45, 7) is 2.88. The molecule has 2 aromatic heterocycles. The van der Waals surface area contributed by atoms with E-state index in [0.717, 1.165) is 6.07 Å². The Morgan fingerprint density at radius 1 is 1.17 bits per heavy atom. The summed E-state index contributed by atoms with van der Waals surface area (Å²) in [6, 6.07) is 5.30. The lowest BCUT2D eigenvalue weighted by Crippen LogP contribution is -2.44. The molecule has 0 atom stereocenters. The number of benzene rings is 1. The fourth-order valence-corrected chi connectivity index (χ4v) is 2.63. The van der Waals surface area contributed by atoms with Crippen molar-refractivity contribution < 1.29 is 23.5 Å². The van der Waals surface area contributed by atoms with Crippen molar-refractivity contribution in [2.24, 2.45) is 0 Å². The average molecular weight is 400 g/mol. The highest BCUT2D eigenvalue weighted by Gasteiger charge is 2.17. The number of halogens is 1. The molecule has 0 bridgehead atoms. The van der Waals surface area contributed by atoms with E-state index >= 15 is 0 Å². The van der Waals surface area contributed by atoms with Gasteiger partial charge in [-0.05, 0) is 26.0 Å². The third kappa shape index (κ3) is 4.51. The smallest absolute Gasteiger partial charge is 0.310 e. The maximum Gasteiger partial charge on any atom is 0.310 e. The molecule has 2 N–H and O–H groups in total. The summed E-state index contributed by atoms with van der Waals surface area (Å²) in [4.78, 5) is 43.9. The predicted molar refractivity (Wildman–Crippen MR) is 96.9 cm³/mol. The molecule has 29 heavy (non-hydrogen) atoms. The second kappa shape index (κ2) is 8.42. The minimum absolute atomic E-state index is 0.116. The zero-order chi connectivity index (χ0) is 21.0. The van der Waals surface area contributed by atoms with Gasteiger partial charge >= 0.3 is 5.97 Å². The third-order valence-electron chi connectivity index (χ3n) is 4.11. The summed E-state index contributed by atoms with van der Waals surface area (Å²) in [7, 11) is 0. The molecule has 2 amide bonds. The van der Waals surface area contributed by atoms with E-state index in [1.165, 1.54) is 29.0 Å². The van der Waals surface area contributed by atoms with Crippen LogP contribution >= 0.6 is 0 Å². The standard InChI is InChI=1S/C18H17FN6O4/c1-10-13(11(2)25-18(22-10)20-9-21-25)7-16(27)29-8-15(26)23-24-17(28)12-5-3-4-6-14(12)19/h3-6,9H,7-8H2,1-2H3,(H,23,26)(H,24,28). The number of hydrogen-bond acceptors (Lipinski definition) is 7. The number of aryl methyl sites for hydroxylation is 2. The lowest BCUT2D eigenvalue weighted by Gasteiger charge is -2.11. The minimum atomic E-state index is -0.832. The molecule has 0 aliphatic rings. The minimum Gasteiger partial charge on any atom is -0.455 e. The van der Waals surface area contributed by atoms with Crippen molar-refractivity contribution in [3.05, 3.63) is 58.9 Å². The first-order chi connectivity index (χ1) is 13.9. The quantitative estimate of drug-likeness (QED) is 0.469. The lowest BCUT2D eigenvalue weighted by molar-refractivity contribution is -0.148. The van der Waals surface area contributed by atoms with Crippen LogP contribution in [0.25, 0.3) is 5.78 Å². The fourth-order valence-electron chi connectivity index (χ4n) is 2.63. The molecule has 0 radical (unpaired) electrons. The van der Waals surface area contributed by atoms with Gasteiger partial charge in [0.1, 0.15) is 12.1 Å². The molecule has 0 saturated heterocycles. The molecule has 0 aliphatic carbocycles. The van der Waals surface area contributed by atoms with Gasteiger partial charge < -0.3 is 4.74 Å². The van der Waals surface area contributed by atoms with Gasteiger partial charge in [-0.1, -0.05) is 12.1 Å². The Bertz CT molecular complexity index is 1100. The van der Waals surface area contributed by atoms with E-state index in [9.17, 15) is 18.8 Å². The van der Waals surface area contributed by atoms with E-state index in [0.29, 0.717) is 22.7 Å². The number of esters is 1. The Balaban J connectivity index is 1.51. The molecule has 2 heterocycles. The summed E-state index contributed by atoms with van der Waals surface area (Å²) < 4.78 is 19.9. The van der Waals surface area contributed by atoms with Crippen LogP contribution in [0, 0.1) is 19.7 Å². The van der Waals surface area contributed by atoms with Gasteiger partial charge in [0.2, 0.25) is 0 Å².